The van der Waals surface area contributed by atoms with Gasteiger partial charge in [-0.3, -0.25) is 4.18 Å². The fourth-order valence-corrected chi connectivity index (χ4v) is 2.65. The van der Waals surface area contributed by atoms with Crippen molar-refractivity contribution in [1.82, 2.24) is 0 Å². The van der Waals surface area contributed by atoms with Crippen LogP contribution in [0.25, 0.3) is 0 Å². The van der Waals surface area contributed by atoms with E-state index in [0.717, 1.165) is 5.56 Å². The SMILES string of the molecule is COCCOCCO.COCCOCCOS(=O)(=O)c1ccc(C)cc1.OCCOCCO. The van der Waals surface area contributed by atoms with Gasteiger partial charge in [0.25, 0.3) is 10.1 Å². The molecule has 0 heterocycles. The second kappa shape index (κ2) is 25.4. The molecule has 0 radical (unpaired) electrons. The lowest BCUT2D eigenvalue weighted by Crippen LogP contribution is -2.13. The van der Waals surface area contributed by atoms with E-state index < -0.39 is 10.1 Å². The molecule has 1 rings (SSSR count). The van der Waals surface area contributed by atoms with Crippen LogP contribution in [0.4, 0.5) is 0 Å². The molecule has 0 aliphatic heterocycles. The molecule has 0 aliphatic carbocycles. The van der Waals surface area contributed by atoms with Gasteiger partial charge < -0.3 is 39.0 Å². The summed E-state index contributed by atoms with van der Waals surface area (Å²) >= 11 is 0. The number of aryl methyl sites for hydroxylation is 1. The number of benzene rings is 1. The van der Waals surface area contributed by atoms with Crippen molar-refractivity contribution >= 4 is 10.1 Å². The van der Waals surface area contributed by atoms with Crippen molar-refractivity contribution in [1.29, 1.82) is 0 Å². The maximum atomic E-state index is 11.7. The second-order valence-corrected chi connectivity index (χ2v) is 7.70. The minimum atomic E-state index is -3.68. The highest BCUT2D eigenvalue weighted by Crippen LogP contribution is 2.12. The summed E-state index contributed by atoms with van der Waals surface area (Å²) in [6, 6.07) is 6.50. The zero-order valence-electron chi connectivity index (χ0n) is 19.8. The van der Waals surface area contributed by atoms with Gasteiger partial charge in [0.1, 0.15) is 0 Å². The zero-order chi connectivity index (χ0) is 25.2. The molecule has 0 bridgehead atoms. The van der Waals surface area contributed by atoms with Gasteiger partial charge in [0.15, 0.2) is 0 Å². The van der Waals surface area contributed by atoms with Gasteiger partial charge in [-0.2, -0.15) is 8.42 Å². The number of aliphatic hydroxyl groups is 3. The number of methoxy groups -OCH3 is 2. The molecule has 0 aromatic heterocycles. The largest absolute Gasteiger partial charge is 0.394 e. The van der Waals surface area contributed by atoms with Crippen molar-refractivity contribution < 1.29 is 51.6 Å². The molecule has 0 unspecified atom stereocenters. The highest BCUT2D eigenvalue weighted by molar-refractivity contribution is 7.86. The first kappa shape index (κ1) is 34.0. The summed E-state index contributed by atoms with van der Waals surface area (Å²) in [7, 11) is -0.496. The summed E-state index contributed by atoms with van der Waals surface area (Å²) in [5.74, 6) is 0. The van der Waals surface area contributed by atoms with Crippen LogP contribution in [0.1, 0.15) is 5.56 Å². The van der Waals surface area contributed by atoms with Crippen molar-refractivity contribution in [2.75, 3.05) is 93.5 Å². The smallest absolute Gasteiger partial charge is 0.297 e. The topological polar surface area (TPSA) is 150 Å². The van der Waals surface area contributed by atoms with Crippen LogP contribution in [0.5, 0.6) is 0 Å². The van der Waals surface area contributed by atoms with Crippen LogP contribution in [0.3, 0.4) is 0 Å². The van der Waals surface area contributed by atoms with Crippen molar-refractivity contribution in [3.63, 3.8) is 0 Å². The predicted octanol–water partition coefficient (Wildman–Crippen LogP) is -0.00738. The first-order valence-corrected chi connectivity index (χ1v) is 11.8. The number of hydrogen-bond acceptors (Lipinski definition) is 11. The molecule has 196 valence electrons. The van der Waals surface area contributed by atoms with Crippen molar-refractivity contribution in [2.45, 2.75) is 11.8 Å². The average Bonchev–Trinajstić information content (AvgIpc) is 2.81. The van der Waals surface area contributed by atoms with Crippen LogP contribution >= 0.6 is 0 Å². The van der Waals surface area contributed by atoms with Gasteiger partial charge in [0, 0.05) is 14.2 Å². The van der Waals surface area contributed by atoms with E-state index in [0.29, 0.717) is 46.2 Å². The molecule has 0 saturated heterocycles. The summed E-state index contributed by atoms with van der Waals surface area (Å²) in [5.41, 5.74) is 0.997. The van der Waals surface area contributed by atoms with E-state index in [9.17, 15) is 8.42 Å². The summed E-state index contributed by atoms with van der Waals surface area (Å²) < 4.78 is 52.4. The van der Waals surface area contributed by atoms with Crippen LogP contribution in [0, 0.1) is 6.92 Å². The van der Waals surface area contributed by atoms with E-state index in [1.807, 2.05) is 6.92 Å². The summed E-state index contributed by atoms with van der Waals surface area (Å²) in [4.78, 5) is 0.157. The third-order valence-corrected chi connectivity index (χ3v) is 4.67. The van der Waals surface area contributed by atoms with Crippen LogP contribution in [-0.4, -0.2) is 117 Å². The van der Waals surface area contributed by atoms with E-state index in [1.165, 1.54) is 12.1 Å². The summed E-state index contributed by atoms with van der Waals surface area (Å²) in [5, 5.41) is 24.4. The predicted molar refractivity (Wildman–Crippen MR) is 122 cm³/mol. The van der Waals surface area contributed by atoms with Gasteiger partial charge in [0.05, 0.1) is 84.2 Å². The van der Waals surface area contributed by atoms with E-state index in [4.69, 9.17) is 33.7 Å². The van der Waals surface area contributed by atoms with Crippen LogP contribution in [0.2, 0.25) is 0 Å². The maximum absolute atomic E-state index is 11.7. The Hall–Kier alpha value is -1.19. The first-order chi connectivity index (χ1) is 15.9. The Balaban J connectivity index is 0. The molecular weight excluding hydrogens is 460 g/mol. The van der Waals surface area contributed by atoms with Gasteiger partial charge in [-0.1, -0.05) is 17.7 Å². The molecular formula is C21H40O11S. The number of ether oxygens (including phenoxy) is 5. The Labute approximate surface area is 197 Å². The molecule has 12 heteroatoms. The Kier molecular flexibility index (Phi) is 26.2. The lowest BCUT2D eigenvalue weighted by Gasteiger charge is -2.06. The Bertz CT molecular complexity index is 599. The van der Waals surface area contributed by atoms with E-state index in [-0.39, 0.29) is 37.9 Å². The standard InChI is InChI=1S/C12H18O5S.C5H12O3.C4H10O3/c1-11-3-5-12(6-4-11)18(13,14)17-10-9-16-8-7-15-2;1-7-4-5-8-3-2-6;5-1-3-7-4-2-6/h3-6H,7-10H2,1-2H3;6H,2-5H2,1H3;5-6H,1-4H2. The van der Waals surface area contributed by atoms with Crippen molar-refractivity contribution in [2.24, 2.45) is 0 Å². The number of aliphatic hydroxyl groups excluding tert-OH is 3. The molecule has 11 nitrogen and oxygen atoms in total. The fourth-order valence-electron chi connectivity index (χ4n) is 1.76. The molecule has 33 heavy (non-hydrogen) atoms. The van der Waals surface area contributed by atoms with Crippen LogP contribution < -0.4 is 0 Å². The molecule has 0 atom stereocenters. The highest BCUT2D eigenvalue weighted by atomic mass is 32.2. The lowest BCUT2D eigenvalue weighted by molar-refractivity contribution is 0.0500. The summed E-state index contributed by atoms with van der Waals surface area (Å²) in [6.45, 7) is 5.36. The number of rotatable bonds is 17. The van der Waals surface area contributed by atoms with Crippen molar-refractivity contribution in [3.8, 4) is 0 Å². The minimum Gasteiger partial charge on any atom is -0.394 e. The average molecular weight is 501 g/mol. The lowest BCUT2D eigenvalue weighted by atomic mass is 10.2. The van der Waals surface area contributed by atoms with Gasteiger partial charge in [0.2, 0.25) is 0 Å². The highest BCUT2D eigenvalue weighted by Gasteiger charge is 2.14. The van der Waals surface area contributed by atoms with E-state index in [1.54, 1.807) is 26.4 Å². The molecule has 0 saturated carbocycles. The minimum absolute atomic E-state index is 0.0000753. The molecule has 1 aromatic carbocycles. The summed E-state index contributed by atoms with van der Waals surface area (Å²) in [6.07, 6.45) is 0. The molecule has 0 amide bonds. The Morgan fingerprint density at radius 2 is 1.03 bits per heavy atom. The molecule has 3 N–H and O–H groups in total. The van der Waals surface area contributed by atoms with Gasteiger partial charge in [-0.15, -0.1) is 0 Å². The molecule has 0 spiro atoms. The first-order valence-electron chi connectivity index (χ1n) is 10.4. The number of hydrogen-bond donors (Lipinski definition) is 3. The Morgan fingerprint density at radius 3 is 1.45 bits per heavy atom. The third-order valence-electron chi connectivity index (χ3n) is 3.35. The molecule has 0 aliphatic rings. The van der Waals surface area contributed by atoms with Gasteiger partial charge in [-0.25, -0.2) is 0 Å². The van der Waals surface area contributed by atoms with Gasteiger partial charge >= 0.3 is 0 Å². The van der Waals surface area contributed by atoms with E-state index >= 15 is 0 Å². The van der Waals surface area contributed by atoms with Gasteiger partial charge in [-0.05, 0) is 19.1 Å². The third kappa shape index (κ3) is 23.8. The van der Waals surface area contributed by atoms with Crippen LogP contribution in [0.15, 0.2) is 29.2 Å². The second-order valence-electron chi connectivity index (χ2n) is 6.08. The fraction of sp³-hybridized carbons (Fsp3) is 0.714. The van der Waals surface area contributed by atoms with E-state index in [2.05, 4.69) is 9.47 Å². The Morgan fingerprint density at radius 1 is 0.636 bits per heavy atom. The quantitative estimate of drug-likeness (QED) is 0.196. The zero-order valence-corrected chi connectivity index (χ0v) is 20.6. The van der Waals surface area contributed by atoms with Crippen LogP contribution in [-0.2, 0) is 38.0 Å². The monoisotopic (exact) mass is 500 g/mol. The normalized spacial score (nSPS) is 10.7. The molecule has 1 aromatic rings. The molecule has 0 fully saturated rings. The maximum Gasteiger partial charge on any atom is 0.297 e. The van der Waals surface area contributed by atoms with Crippen molar-refractivity contribution in [3.05, 3.63) is 29.8 Å².